The molecule has 0 saturated heterocycles. The largest absolute Gasteiger partial charge is 0.310 e. The van der Waals surface area contributed by atoms with E-state index in [9.17, 15) is 0 Å². The van der Waals surface area contributed by atoms with Crippen molar-refractivity contribution in [1.29, 1.82) is 0 Å². The highest BCUT2D eigenvalue weighted by molar-refractivity contribution is 5.24. The van der Waals surface area contributed by atoms with E-state index in [0.717, 1.165) is 12.2 Å². The lowest BCUT2D eigenvalue weighted by Crippen LogP contribution is -2.25. The minimum atomic E-state index is 0.596. The third kappa shape index (κ3) is 3.34. The molecule has 0 fully saturated rings. The Labute approximate surface area is 99.2 Å². The van der Waals surface area contributed by atoms with E-state index in [0.29, 0.717) is 6.04 Å². The van der Waals surface area contributed by atoms with Crippen molar-refractivity contribution in [2.45, 2.75) is 59.5 Å². The van der Waals surface area contributed by atoms with Gasteiger partial charge in [-0.3, -0.25) is 4.68 Å². The Hall–Kier alpha value is -0.830. The number of aryl methyl sites for hydroxylation is 2. The lowest BCUT2D eigenvalue weighted by atomic mass is 10.1. The summed E-state index contributed by atoms with van der Waals surface area (Å²) in [6, 6.07) is 0.596. The Bertz CT molecular complexity index is 328. The first-order valence-corrected chi connectivity index (χ1v) is 6.28. The van der Waals surface area contributed by atoms with Gasteiger partial charge in [0.15, 0.2) is 0 Å². The number of rotatable bonds is 6. The summed E-state index contributed by atoms with van der Waals surface area (Å²) in [7, 11) is 2.01. The van der Waals surface area contributed by atoms with Crippen LogP contribution in [0.5, 0.6) is 0 Å². The first-order chi connectivity index (χ1) is 7.56. The predicted molar refractivity (Wildman–Crippen MR) is 68.5 cm³/mol. The van der Waals surface area contributed by atoms with Crippen LogP contribution in [0.2, 0.25) is 0 Å². The van der Waals surface area contributed by atoms with Crippen LogP contribution in [0.4, 0.5) is 0 Å². The molecule has 3 nitrogen and oxygen atoms in total. The second-order valence-corrected chi connectivity index (χ2v) is 4.70. The minimum absolute atomic E-state index is 0.596. The van der Waals surface area contributed by atoms with Crippen LogP contribution in [0.25, 0.3) is 0 Å². The van der Waals surface area contributed by atoms with Crippen molar-refractivity contribution in [1.82, 2.24) is 15.1 Å². The van der Waals surface area contributed by atoms with Crippen LogP contribution >= 0.6 is 0 Å². The Morgan fingerprint density at radius 3 is 2.56 bits per heavy atom. The molecule has 1 atom stereocenters. The summed E-state index contributed by atoms with van der Waals surface area (Å²) in [6.45, 7) is 9.66. The van der Waals surface area contributed by atoms with Crippen LogP contribution in [-0.2, 0) is 13.6 Å². The zero-order valence-electron chi connectivity index (χ0n) is 11.3. The molecule has 0 radical (unpaired) electrons. The molecular weight excluding hydrogens is 198 g/mol. The van der Waals surface area contributed by atoms with Crippen molar-refractivity contribution in [2.24, 2.45) is 7.05 Å². The maximum Gasteiger partial charge on any atom is 0.0641 e. The molecular formula is C13H25N3. The van der Waals surface area contributed by atoms with Crippen molar-refractivity contribution < 1.29 is 0 Å². The summed E-state index contributed by atoms with van der Waals surface area (Å²) in [5.74, 6) is 0. The van der Waals surface area contributed by atoms with Crippen molar-refractivity contribution >= 4 is 0 Å². The monoisotopic (exact) mass is 223 g/mol. The Morgan fingerprint density at radius 1 is 1.38 bits per heavy atom. The highest BCUT2D eigenvalue weighted by Gasteiger charge is 2.09. The SMILES string of the molecule is CCCCC(C)NCc1c(C)nn(C)c1C. The first-order valence-electron chi connectivity index (χ1n) is 6.28. The van der Waals surface area contributed by atoms with E-state index in [4.69, 9.17) is 0 Å². The molecule has 1 aromatic rings. The highest BCUT2D eigenvalue weighted by atomic mass is 15.3. The fourth-order valence-electron chi connectivity index (χ4n) is 1.96. The second-order valence-electron chi connectivity index (χ2n) is 4.70. The van der Waals surface area contributed by atoms with E-state index in [1.165, 1.54) is 30.5 Å². The normalized spacial score (nSPS) is 13.1. The topological polar surface area (TPSA) is 29.9 Å². The summed E-state index contributed by atoms with van der Waals surface area (Å²) in [5, 5.41) is 8.00. The number of unbranched alkanes of at least 4 members (excludes halogenated alkanes) is 1. The predicted octanol–water partition coefficient (Wildman–Crippen LogP) is 2.71. The van der Waals surface area contributed by atoms with Crippen molar-refractivity contribution in [3.05, 3.63) is 17.0 Å². The van der Waals surface area contributed by atoms with Crippen LogP contribution in [0.1, 0.15) is 50.1 Å². The molecule has 0 aliphatic heterocycles. The van der Waals surface area contributed by atoms with E-state index >= 15 is 0 Å². The van der Waals surface area contributed by atoms with Gasteiger partial charge in [0, 0.05) is 30.9 Å². The number of hydrogen-bond acceptors (Lipinski definition) is 2. The third-order valence-electron chi connectivity index (χ3n) is 3.28. The number of nitrogens with zero attached hydrogens (tertiary/aromatic N) is 2. The lowest BCUT2D eigenvalue weighted by molar-refractivity contribution is 0.493. The molecule has 3 heteroatoms. The van der Waals surface area contributed by atoms with Gasteiger partial charge in [0.25, 0.3) is 0 Å². The summed E-state index contributed by atoms with van der Waals surface area (Å²) in [6.07, 6.45) is 3.84. The Balaban J connectivity index is 2.48. The zero-order valence-corrected chi connectivity index (χ0v) is 11.3. The maximum atomic E-state index is 4.43. The summed E-state index contributed by atoms with van der Waals surface area (Å²) >= 11 is 0. The van der Waals surface area contributed by atoms with Gasteiger partial charge in [0.1, 0.15) is 0 Å². The van der Waals surface area contributed by atoms with Gasteiger partial charge in [0.05, 0.1) is 5.69 Å². The minimum Gasteiger partial charge on any atom is -0.310 e. The van der Waals surface area contributed by atoms with Gasteiger partial charge in [-0.05, 0) is 27.2 Å². The fraction of sp³-hybridized carbons (Fsp3) is 0.769. The maximum absolute atomic E-state index is 4.43. The molecule has 1 aromatic heterocycles. The van der Waals surface area contributed by atoms with E-state index in [2.05, 4.69) is 38.1 Å². The molecule has 1 unspecified atom stereocenters. The van der Waals surface area contributed by atoms with Gasteiger partial charge < -0.3 is 5.32 Å². The van der Waals surface area contributed by atoms with Crippen molar-refractivity contribution in [3.8, 4) is 0 Å². The van der Waals surface area contributed by atoms with E-state index in [1.54, 1.807) is 0 Å². The Kier molecular flexibility index (Phi) is 5.00. The molecule has 0 spiro atoms. The van der Waals surface area contributed by atoms with Gasteiger partial charge in [-0.15, -0.1) is 0 Å². The fourth-order valence-corrected chi connectivity index (χ4v) is 1.96. The van der Waals surface area contributed by atoms with E-state index in [-0.39, 0.29) is 0 Å². The molecule has 92 valence electrons. The van der Waals surface area contributed by atoms with Gasteiger partial charge in [-0.25, -0.2) is 0 Å². The molecule has 1 heterocycles. The van der Waals surface area contributed by atoms with Gasteiger partial charge >= 0.3 is 0 Å². The number of aromatic nitrogens is 2. The lowest BCUT2D eigenvalue weighted by Gasteiger charge is -2.13. The summed E-state index contributed by atoms with van der Waals surface area (Å²) < 4.78 is 1.96. The zero-order chi connectivity index (χ0) is 12.1. The number of hydrogen-bond donors (Lipinski definition) is 1. The summed E-state index contributed by atoms with van der Waals surface area (Å²) in [5.41, 5.74) is 3.77. The van der Waals surface area contributed by atoms with Gasteiger partial charge in [-0.1, -0.05) is 19.8 Å². The van der Waals surface area contributed by atoms with Gasteiger partial charge in [-0.2, -0.15) is 5.10 Å². The molecule has 1 rings (SSSR count). The average molecular weight is 223 g/mol. The van der Waals surface area contributed by atoms with Gasteiger partial charge in [0.2, 0.25) is 0 Å². The second kappa shape index (κ2) is 6.04. The molecule has 0 amide bonds. The van der Waals surface area contributed by atoms with Crippen molar-refractivity contribution in [3.63, 3.8) is 0 Å². The van der Waals surface area contributed by atoms with E-state index in [1.807, 2.05) is 11.7 Å². The third-order valence-corrected chi connectivity index (χ3v) is 3.28. The standard InChI is InChI=1S/C13H25N3/c1-6-7-8-10(2)14-9-13-11(3)15-16(5)12(13)4/h10,14H,6-9H2,1-5H3. The van der Waals surface area contributed by atoms with Crippen LogP contribution in [0.3, 0.4) is 0 Å². The number of nitrogens with one attached hydrogen (secondary N) is 1. The van der Waals surface area contributed by atoms with Crippen LogP contribution < -0.4 is 5.32 Å². The molecule has 0 saturated carbocycles. The summed E-state index contributed by atoms with van der Waals surface area (Å²) in [4.78, 5) is 0. The first kappa shape index (κ1) is 13.2. The quantitative estimate of drug-likeness (QED) is 0.803. The molecule has 0 aliphatic carbocycles. The van der Waals surface area contributed by atoms with Crippen LogP contribution in [-0.4, -0.2) is 15.8 Å². The van der Waals surface area contributed by atoms with E-state index < -0.39 is 0 Å². The van der Waals surface area contributed by atoms with Crippen molar-refractivity contribution in [2.75, 3.05) is 0 Å². The Morgan fingerprint density at radius 2 is 2.06 bits per heavy atom. The van der Waals surface area contributed by atoms with Crippen LogP contribution in [0.15, 0.2) is 0 Å². The average Bonchev–Trinajstić information content (AvgIpc) is 2.48. The molecule has 16 heavy (non-hydrogen) atoms. The smallest absolute Gasteiger partial charge is 0.0641 e. The molecule has 0 aromatic carbocycles. The van der Waals surface area contributed by atoms with Crippen LogP contribution in [0, 0.1) is 13.8 Å². The highest BCUT2D eigenvalue weighted by Crippen LogP contribution is 2.12. The molecule has 0 bridgehead atoms. The molecule has 1 N–H and O–H groups in total. The molecule has 0 aliphatic rings.